The molecule has 2 rings (SSSR count). The van der Waals surface area contributed by atoms with Crippen molar-refractivity contribution in [3.05, 3.63) is 29.6 Å². The molecule has 1 aromatic rings. The zero-order valence-corrected chi connectivity index (χ0v) is 10.8. The number of amides is 1. The van der Waals surface area contributed by atoms with Crippen molar-refractivity contribution in [2.45, 2.75) is 45.2 Å². The molecule has 1 aliphatic rings. The van der Waals surface area contributed by atoms with Crippen molar-refractivity contribution in [2.75, 3.05) is 5.32 Å². The number of carbonyl (C=O) groups excluding carboxylic acids is 1. The molecule has 4 heteroatoms. The third-order valence-corrected chi connectivity index (χ3v) is 3.39. The Morgan fingerprint density at radius 1 is 1.44 bits per heavy atom. The molecule has 1 amide bonds. The standard InChI is InChI=1S/C14H19FN2O/c1-9-6-7-11(15)8-13(9)17-14(18)12-5-3-4-10(2)16-12/h6-8,10,12,16H,3-5H2,1-2H3,(H,17,18). The van der Waals surface area contributed by atoms with E-state index in [0.29, 0.717) is 11.7 Å². The summed E-state index contributed by atoms with van der Waals surface area (Å²) in [7, 11) is 0. The first-order valence-corrected chi connectivity index (χ1v) is 6.39. The average molecular weight is 250 g/mol. The molecule has 0 radical (unpaired) electrons. The van der Waals surface area contributed by atoms with Crippen molar-refractivity contribution in [1.82, 2.24) is 5.32 Å². The van der Waals surface area contributed by atoms with Crippen molar-refractivity contribution in [3.8, 4) is 0 Å². The lowest BCUT2D eigenvalue weighted by Gasteiger charge is -2.28. The molecule has 0 spiro atoms. The van der Waals surface area contributed by atoms with Crippen molar-refractivity contribution >= 4 is 11.6 Å². The maximum absolute atomic E-state index is 13.1. The highest BCUT2D eigenvalue weighted by Crippen LogP contribution is 2.18. The second-order valence-corrected chi connectivity index (χ2v) is 5.00. The van der Waals surface area contributed by atoms with Gasteiger partial charge in [-0.2, -0.15) is 0 Å². The van der Waals surface area contributed by atoms with Gasteiger partial charge in [-0.25, -0.2) is 4.39 Å². The van der Waals surface area contributed by atoms with Crippen LogP contribution in [0, 0.1) is 12.7 Å². The SMILES string of the molecule is Cc1ccc(F)cc1NC(=O)C1CCCC(C)N1. The number of aryl methyl sites for hydroxylation is 1. The van der Waals surface area contributed by atoms with Crippen molar-refractivity contribution < 1.29 is 9.18 Å². The Morgan fingerprint density at radius 3 is 2.94 bits per heavy atom. The summed E-state index contributed by atoms with van der Waals surface area (Å²) in [5.41, 5.74) is 1.42. The monoisotopic (exact) mass is 250 g/mol. The summed E-state index contributed by atoms with van der Waals surface area (Å²) >= 11 is 0. The zero-order valence-electron chi connectivity index (χ0n) is 10.8. The first kappa shape index (κ1) is 13.0. The van der Waals surface area contributed by atoms with Gasteiger partial charge in [0, 0.05) is 11.7 Å². The van der Waals surface area contributed by atoms with Crippen LogP contribution in [0.3, 0.4) is 0 Å². The van der Waals surface area contributed by atoms with Gasteiger partial charge in [-0.05, 0) is 50.8 Å². The third-order valence-electron chi connectivity index (χ3n) is 3.39. The predicted octanol–water partition coefficient (Wildman–Crippen LogP) is 2.60. The van der Waals surface area contributed by atoms with Gasteiger partial charge in [0.15, 0.2) is 0 Å². The van der Waals surface area contributed by atoms with Gasteiger partial charge >= 0.3 is 0 Å². The number of halogens is 1. The van der Waals surface area contributed by atoms with Gasteiger partial charge in [0.1, 0.15) is 5.82 Å². The largest absolute Gasteiger partial charge is 0.324 e. The zero-order chi connectivity index (χ0) is 13.1. The van der Waals surface area contributed by atoms with E-state index in [1.165, 1.54) is 12.1 Å². The average Bonchev–Trinajstić information content (AvgIpc) is 2.34. The van der Waals surface area contributed by atoms with E-state index < -0.39 is 0 Å². The fourth-order valence-electron chi connectivity index (χ4n) is 2.29. The van der Waals surface area contributed by atoms with Gasteiger partial charge in [-0.15, -0.1) is 0 Å². The maximum Gasteiger partial charge on any atom is 0.241 e. The molecule has 2 unspecified atom stereocenters. The Bertz CT molecular complexity index is 447. The first-order chi connectivity index (χ1) is 8.56. The van der Waals surface area contributed by atoms with E-state index in [1.54, 1.807) is 6.07 Å². The van der Waals surface area contributed by atoms with Crippen LogP contribution in [0.5, 0.6) is 0 Å². The van der Waals surface area contributed by atoms with Gasteiger partial charge in [-0.1, -0.05) is 6.07 Å². The minimum atomic E-state index is -0.333. The lowest BCUT2D eigenvalue weighted by molar-refractivity contribution is -0.118. The highest BCUT2D eigenvalue weighted by Gasteiger charge is 2.24. The van der Waals surface area contributed by atoms with Gasteiger partial charge in [0.2, 0.25) is 5.91 Å². The van der Waals surface area contributed by atoms with Crippen LogP contribution in [0.2, 0.25) is 0 Å². The molecule has 1 heterocycles. The molecule has 0 saturated carbocycles. The molecule has 0 aromatic heterocycles. The van der Waals surface area contributed by atoms with Crippen LogP contribution in [-0.2, 0) is 4.79 Å². The van der Waals surface area contributed by atoms with Gasteiger partial charge < -0.3 is 10.6 Å². The van der Waals surface area contributed by atoms with E-state index in [9.17, 15) is 9.18 Å². The van der Waals surface area contributed by atoms with E-state index in [0.717, 1.165) is 24.8 Å². The maximum atomic E-state index is 13.1. The molecule has 2 N–H and O–H groups in total. The molecule has 3 nitrogen and oxygen atoms in total. The van der Waals surface area contributed by atoms with Crippen molar-refractivity contribution in [2.24, 2.45) is 0 Å². The van der Waals surface area contributed by atoms with E-state index >= 15 is 0 Å². The van der Waals surface area contributed by atoms with Crippen LogP contribution in [-0.4, -0.2) is 18.0 Å². The Balaban J connectivity index is 2.04. The van der Waals surface area contributed by atoms with Gasteiger partial charge in [0.25, 0.3) is 0 Å². The number of rotatable bonds is 2. The number of nitrogens with one attached hydrogen (secondary N) is 2. The third kappa shape index (κ3) is 3.07. The van der Waals surface area contributed by atoms with E-state index in [-0.39, 0.29) is 17.8 Å². The summed E-state index contributed by atoms with van der Waals surface area (Å²) in [6.07, 6.45) is 2.99. The summed E-state index contributed by atoms with van der Waals surface area (Å²) < 4.78 is 13.1. The molecule has 2 atom stereocenters. The van der Waals surface area contributed by atoms with E-state index in [4.69, 9.17) is 0 Å². The number of hydrogen-bond donors (Lipinski definition) is 2. The van der Waals surface area contributed by atoms with Crippen molar-refractivity contribution in [3.63, 3.8) is 0 Å². The van der Waals surface area contributed by atoms with E-state index in [2.05, 4.69) is 17.6 Å². The molecule has 1 saturated heterocycles. The Kier molecular flexibility index (Phi) is 3.97. The molecule has 98 valence electrons. The first-order valence-electron chi connectivity index (χ1n) is 6.39. The molecule has 1 aliphatic heterocycles. The summed E-state index contributed by atoms with van der Waals surface area (Å²) in [5, 5.41) is 6.06. The topological polar surface area (TPSA) is 41.1 Å². The number of hydrogen-bond acceptors (Lipinski definition) is 2. The minimum absolute atomic E-state index is 0.0738. The quantitative estimate of drug-likeness (QED) is 0.847. The van der Waals surface area contributed by atoms with Gasteiger partial charge in [-0.3, -0.25) is 4.79 Å². The summed E-state index contributed by atoms with van der Waals surface area (Å²) in [5.74, 6) is -0.406. The molecule has 18 heavy (non-hydrogen) atoms. The number of anilines is 1. The highest BCUT2D eigenvalue weighted by molar-refractivity contribution is 5.95. The summed E-state index contributed by atoms with van der Waals surface area (Å²) in [6.45, 7) is 3.93. The number of piperidine rings is 1. The number of carbonyl (C=O) groups is 1. The van der Waals surface area contributed by atoms with E-state index in [1.807, 2.05) is 6.92 Å². The molecule has 1 fully saturated rings. The summed E-state index contributed by atoms with van der Waals surface area (Å²) in [4.78, 5) is 12.1. The fourth-order valence-corrected chi connectivity index (χ4v) is 2.29. The molecule has 1 aromatic carbocycles. The molecular weight excluding hydrogens is 231 g/mol. The normalized spacial score (nSPS) is 23.7. The Hall–Kier alpha value is -1.42. The summed E-state index contributed by atoms with van der Waals surface area (Å²) in [6, 6.07) is 4.62. The smallest absolute Gasteiger partial charge is 0.241 e. The Labute approximate surface area is 107 Å². The van der Waals surface area contributed by atoms with Crippen molar-refractivity contribution in [1.29, 1.82) is 0 Å². The lowest BCUT2D eigenvalue weighted by atomic mass is 9.99. The second-order valence-electron chi connectivity index (χ2n) is 5.00. The lowest BCUT2D eigenvalue weighted by Crippen LogP contribution is -2.47. The number of benzene rings is 1. The van der Waals surface area contributed by atoms with Crippen LogP contribution in [0.1, 0.15) is 31.7 Å². The Morgan fingerprint density at radius 2 is 2.22 bits per heavy atom. The molecule has 0 aliphatic carbocycles. The predicted molar refractivity (Wildman–Crippen MR) is 70.0 cm³/mol. The van der Waals surface area contributed by atoms with Crippen LogP contribution >= 0.6 is 0 Å². The second kappa shape index (κ2) is 5.48. The van der Waals surface area contributed by atoms with Crippen LogP contribution in [0.15, 0.2) is 18.2 Å². The minimum Gasteiger partial charge on any atom is -0.324 e. The highest BCUT2D eigenvalue weighted by atomic mass is 19.1. The van der Waals surface area contributed by atoms with Crippen LogP contribution in [0.4, 0.5) is 10.1 Å². The van der Waals surface area contributed by atoms with Crippen LogP contribution < -0.4 is 10.6 Å². The van der Waals surface area contributed by atoms with Gasteiger partial charge in [0.05, 0.1) is 6.04 Å². The van der Waals surface area contributed by atoms with Crippen LogP contribution in [0.25, 0.3) is 0 Å². The molecular formula is C14H19FN2O. The fraction of sp³-hybridized carbons (Fsp3) is 0.500. The molecule has 0 bridgehead atoms.